The molecule has 134 valence electrons. The van der Waals surface area contributed by atoms with Gasteiger partial charge in [0, 0.05) is 18.3 Å². The predicted molar refractivity (Wildman–Crippen MR) is 103 cm³/mol. The van der Waals surface area contributed by atoms with E-state index in [4.69, 9.17) is 0 Å². The molecule has 0 saturated heterocycles. The lowest BCUT2D eigenvalue weighted by atomic mass is 10.1. The number of pyridine rings is 1. The zero-order chi connectivity index (χ0) is 19.0. The highest BCUT2D eigenvalue weighted by molar-refractivity contribution is 6.12. The Morgan fingerprint density at radius 3 is 2.63 bits per heavy atom. The first kappa shape index (κ1) is 16.9. The first-order valence-electron chi connectivity index (χ1n) is 8.48. The highest BCUT2D eigenvalue weighted by atomic mass is 19.1. The summed E-state index contributed by atoms with van der Waals surface area (Å²) in [5, 5.41) is 7.76. The Hall–Kier alpha value is -3.54. The fourth-order valence-corrected chi connectivity index (χ4v) is 3.02. The number of amides is 1. The maximum atomic E-state index is 13.3. The van der Waals surface area contributed by atoms with Gasteiger partial charge in [-0.05, 0) is 36.8 Å². The van der Waals surface area contributed by atoms with E-state index in [-0.39, 0.29) is 11.7 Å². The standard InChI is InChI=1S/C21H17FN4O/c1-13-10-15(22)8-9-18(13)25-21(27)16-11-19(14-6-4-3-5-7-14)24-20-17(16)12-23-26(20)2/h3-12H,1-2H3,(H,25,27). The van der Waals surface area contributed by atoms with Gasteiger partial charge in [0.2, 0.25) is 0 Å². The van der Waals surface area contributed by atoms with Crippen molar-refractivity contribution in [3.8, 4) is 11.3 Å². The number of halogens is 1. The summed E-state index contributed by atoms with van der Waals surface area (Å²) in [6.07, 6.45) is 1.63. The fourth-order valence-electron chi connectivity index (χ4n) is 3.02. The number of carbonyl (C=O) groups is 1. The third-order valence-electron chi connectivity index (χ3n) is 4.46. The van der Waals surface area contributed by atoms with Crippen LogP contribution in [0.5, 0.6) is 0 Å². The summed E-state index contributed by atoms with van der Waals surface area (Å²) in [6, 6.07) is 15.7. The molecular formula is C21H17FN4O. The lowest BCUT2D eigenvalue weighted by Gasteiger charge is -2.11. The molecule has 0 fully saturated rings. The fraction of sp³-hybridized carbons (Fsp3) is 0.0952. The van der Waals surface area contributed by atoms with Crippen molar-refractivity contribution in [1.82, 2.24) is 14.8 Å². The maximum absolute atomic E-state index is 13.3. The molecule has 0 aliphatic carbocycles. The van der Waals surface area contributed by atoms with Crippen molar-refractivity contribution in [3.05, 3.63) is 77.7 Å². The van der Waals surface area contributed by atoms with Gasteiger partial charge in [-0.3, -0.25) is 9.48 Å². The molecule has 0 bridgehead atoms. The van der Waals surface area contributed by atoms with Crippen molar-refractivity contribution in [3.63, 3.8) is 0 Å². The number of hydrogen-bond donors (Lipinski definition) is 1. The molecule has 2 aromatic heterocycles. The average Bonchev–Trinajstić information content (AvgIpc) is 3.05. The number of carbonyl (C=O) groups excluding carboxylic acids is 1. The minimum atomic E-state index is -0.338. The summed E-state index contributed by atoms with van der Waals surface area (Å²) in [4.78, 5) is 17.6. The molecule has 2 aromatic carbocycles. The zero-order valence-electron chi connectivity index (χ0n) is 14.9. The summed E-state index contributed by atoms with van der Waals surface area (Å²) < 4.78 is 15.0. The molecule has 4 aromatic rings. The van der Waals surface area contributed by atoms with Crippen LogP contribution in [0.2, 0.25) is 0 Å². The molecule has 0 saturated carbocycles. The van der Waals surface area contributed by atoms with E-state index in [1.54, 1.807) is 37.0 Å². The van der Waals surface area contributed by atoms with Gasteiger partial charge in [0.25, 0.3) is 5.91 Å². The van der Waals surface area contributed by atoms with Gasteiger partial charge in [0.15, 0.2) is 5.65 Å². The molecule has 1 N–H and O–H groups in total. The summed E-state index contributed by atoms with van der Waals surface area (Å²) in [5.74, 6) is -0.627. The van der Waals surface area contributed by atoms with Gasteiger partial charge in [-0.1, -0.05) is 30.3 Å². The van der Waals surface area contributed by atoms with Crippen molar-refractivity contribution in [2.24, 2.45) is 7.05 Å². The van der Waals surface area contributed by atoms with E-state index >= 15 is 0 Å². The number of aromatic nitrogens is 3. The van der Waals surface area contributed by atoms with E-state index < -0.39 is 0 Å². The molecular weight excluding hydrogens is 343 g/mol. The van der Waals surface area contributed by atoms with E-state index in [2.05, 4.69) is 15.4 Å². The second kappa shape index (κ2) is 6.64. The molecule has 5 nitrogen and oxygen atoms in total. The molecule has 0 spiro atoms. The zero-order valence-corrected chi connectivity index (χ0v) is 14.9. The number of fused-ring (bicyclic) bond motifs is 1. The van der Waals surface area contributed by atoms with Crippen molar-refractivity contribution in [1.29, 1.82) is 0 Å². The molecule has 4 rings (SSSR count). The Kier molecular flexibility index (Phi) is 4.16. The van der Waals surface area contributed by atoms with Crippen LogP contribution in [0.3, 0.4) is 0 Å². The van der Waals surface area contributed by atoms with E-state index in [0.29, 0.717) is 33.5 Å². The third-order valence-corrected chi connectivity index (χ3v) is 4.46. The van der Waals surface area contributed by atoms with Crippen molar-refractivity contribution < 1.29 is 9.18 Å². The van der Waals surface area contributed by atoms with Gasteiger partial charge < -0.3 is 5.32 Å². The third kappa shape index (κ3) is 3.17. The predicted octanol–water partition coefficient (Wildman–Crippen LogP) is 4.34. The van der Waals surface area contributed by atoms with Crippen molar-refractivity contribution in [2.45, 2.75) is 6.92 Å². The smallest absolute Gasteiger partial charge is 0.256 e. The quantitative estimate of drug-likeness (QED) is 0.591. The molecule has 0 atom stereocenters. The normalized spacial score (nSPS) is 10.9. The van der Waals surface area contributed by atoms with Crippen LogP contribution in [0.15, 0.2) is 60.8 Å². The van der Waals surface area contributed by atoms with Crippen LogP contribution in [0.25, 0.3) is 22.3 Å². The molecule has 0 aliphatic rings. The Morgan fingerprint density at radius 2 is 1.89 bits per heavy atom. The van der Waals surface area contributed by atoms with Crippen molar-refractivity contribution in [2.75, 3.05) is 5.32 Å². The highest BCUT2D eigenvalue weighted by Gasteiger charge is 2.17. The highest BCUT2D eigenvalue weighted by Crippen LogP contribution is 2.26. The first-order chi connectivity index (χ1) is 13.0. The molecule has 2 heterocycles. The number of rotatable bonds is 3. The van der Waals surface area contributed by atoms with Crippen LogP contribution in [0, 0.1) is 12.7 Å². The largest absolute Gasteiger partial charge is 0.322 e. The van der Waals surface area contributed by atoms with Crippen LogP contribution in [-0.4, -0.2) is 20.7 Å². The van der Waals surface area contributed by atoms with E-state index in [9.17, 15) is 9.18 Å². The van der Waals surface area contributed by atoms with Crippen LogP contribution in [0.4, 0.5) is 10.1 Å². The number of nitrogens with one attached hydrogen (secondary N) is 1. The number of anilines is 1. The number of aryl methyl sites for hydroxylation is 2. The van der Waals surface area contributed by atoms with Crippen LogP contribution < -0.4 is 5.32 Å². The molecule has 0 aliphatic heterocycles. The molecule has 0 radical (unpaired) electrons. The number of nitrogens with zero attached hydrogens (tertiary/aromatic N) is 3. The van der Waals surface area contributed by atoms with Gasteiger partial charge in [-0.15, -0.1) is 0 Å². The topological polar surface area (TPSA) is 59.8 Å². The molecule has 0 unspecified atom stereocenters. The second-order valence-corrected chi connectivity index (χ2v) is 6.34. The van der Waals surface area contributed by atoms with Gasteiger partial charge >= 0.3 is 0 Å². The van der Waals surface area contributed by atoms with E-state index in [1.807, 2.05) is 30.3 Å². The van der Waals surface area contributed by atoms with E-state index in [1.165, 1.54) is 12.1 Å². The maximum Gasteiger partial charge on any atom is 0.256 e. The van der Waals surface area contributed by atoms with Gasteiger partial charge in [0.1, 0.15) is 5.82 Å². The van der Waals surface area contributed by atoms with Gasteiger partial charge in [-0.2, -0.15) is 5.10 Å². The van der Waals surface area contributed by atoms with Crippen molar-refractivity contribution >= 4 is 22.6 Å². The lowest BCUT2D eigenvalue weighted by Crippen LogP contribution is -2.14. The number of hydrogen-bond acceptors (Lipinski definition) is 3. The van der Waals surface area contributed by atoms with Crippen LogP contribution in [0.1, 0.15) is 15.9 Å². The summed E-state index contributed by atoms with van der Waals surface area (Å²) in [6.45, 7) is 1.75. The van der Waals surface area contributed by atoms with Crippen LogP contribution >= 0.6 is 0 Å². The van der Waals surface area contributed by atoms with Gasteiger partial charge in [-0.25, -0.2) is 9.37 Å². The summed E-state index contributed by atoms with van der Waals surface area (Å²) in [5.41, 5.74) is 3.91. The average molecular weight is 360 g/mol. The van der Waals surface area contributed by atoms with E-state index in [0.717, 1.165) is 5.56 Å². The Bertz CT molecular complexity index is 1150. The van der Waals surface area contributed by atoms with Gasteiger partial charge in [0.05, 0.1) is 22.8 Å². The molecule has 1 amide bonds. The molecule has 27 heavy (non-hydrogen) atoms. The Balaban J connectivity index is 1.81. The number of benzene rings is 2. The molecule has 6 heteroatoms. The van der Waals surface area contributed by atoms with Crippen LogP contribution in [-0.2, 0) is 7.05 Å². The monoisotopic (exact) mass is 360 g/mol. The Morgan fingerprint density at radius 1 is 1.11 bits per heavy atom. The second-order valence-electron chi connectivity index (χ2n) is 6.34. The first-order valence-corrected chi connectivity index (χ1v) is 8.48. The minimum Gasteiger partial charge on any atom is -0.322 e. The minimum absolute atomic E-state index is 0.290. The summed E-state index contributed by atoms with van der Waals surface area (Å²) in [7, 11) is 1.79. The Labute approximate surface area is 155 Å². The summed E-state index contributed by atoms with van der Waals surface area (Å²) >= 11 is 0. The SMILES string of the molecule is Cc1cc(F)ccc1NC(=O)c1cc(-c2ccccc2)nc2c1cnn2C. The lowest BCUT2D eigenvalue weighted by molar-refractivity contribution is 0.102.